The topological polar surface area (TPSA) is 103 Å². The van der Waals surface area contributed by atoms with Gasteiger partial charge >= 0.3 is 5.97 Å². The number of benzene rings is 1. The molecule has 0 aromatic heterocycles. The van der Waals surface area contributed by atoms with Gasteiger partial charge in [-0.25, -0.2) is 0 Å². The van der Waals surface area contributed by atoms with Gasteiger partial charge in [-0.2, -0.15) is 0 Å². The SMILES string of the molecule is CCCCOCCCNC(=O)C[C@@H]1C[C@@]2(C(=O)OC)CC(C)(C)CC=C2N(Cc2ccc3c(c2)OCO3)C1=O. The number of carbonyl (C=O) groups is 3. The van der Waals surface area contributed by atoms with Crippen LogP contribution in [0.5, 0.6) is 11.5 Å². The third-order valence-electron chi connectivity index (χ3n) is 7.84. The molecule has 0 unspecified atom stereocenters. The van der Waals surface area contributed by atoms with Crippen molar-refractivity contribution in [3.63, 3.8) is 0 Å². The molecule has 0 radical (unpaired) electrons. The van der Waals surface area contributed by atoms with Crippen LogP contribution in [0.1, 0.15) is 71.3 Å². The van der Waals surface area contributed by atoms with Crippen molar-refractivity contribution < 1.29 is 33.3 Å². The minimum absolute atomic E-state index is 0.0135. The Morgan fingerprint density at radius 2 is 1.92 bits per heavy atom. The second-order valence-corrected chi connectivity index (χ2v) is 11.6. The van der Waals surface area contributed by atoms with Crippen LogP contribution in [-0.2, 0) is 30.4 Å². The molecular formula is C30H42N2O7. The molecule has 2 atom stereocenters. The Bertz CT molecular complexity index is 1100. The zero-order valence-electron chi connectivity index (χ0n) is 23.7. The third kappa shape index (κ3) is 6.57. The fraction of sp³-hybridized carbons (Fsp3) is 0.633. The van der Waals surface area contributed by atoms with Gasteiger partial charge in [-0.05, 0) is 55.2 Å². The van der Waals surface area contributed by atoms with Crippen molar-refractivity contribution in [1.82, 2.24) is 10.2 Å². The lowest BCUT2D eigenvalue weighted by molar-refractivity contribution is -0.162. The van der Waals surface area contributed by atoms with E-state index >= 15 is 0 Å². The molecule has 1 aromatic rings. The molecule has 1 saturated heterocycles. The van der Waals surface area contributed by atoms with Crippen molar-refractivity contribution in [3.05, 3.63) is 35.5 Å². The summed E-state index contributed by atoms with van der Waals surface area (Å²) in [6, 6.07) is 5.59. The van der Waals surface area contributed by atoms with Gasteiger partial charge < -0.3 is 29.2 Å². The molecular weight excluding hydrogens is 500 g/mol. The first-order valence-corrected chi connectivity index (χ1v) is 14.0. The van der Waals surface area contributed by atoms with Gasteiger partial charge in [0.1, 0.15) is 5.41 Å². The number of allylic oxidation sites excluding steroid dienone is 1. The van der Waals surface area contributed by atoms with E-state index in [1.165, 1.54) is 7.11 Å². The van der Waals surface area contributed by atoms with Gasteiger partial charge in [-0.1, -0.05) is 39.3 Å². The lowest BCUT2D eigenvalue weighted by Gasteiger charge is -2.51. The van der Waals surface area contributed by atoms with Crippen molar-refractivity contribution in [1.29, 1.82) is 0 Å². The van der Waals surface area contributed by atoms with Gasteiger partial charge in [-0.3, -0.25) is 14.4 Å². The second kappa shape index (κ2) is 12.4. The zero-order chi connectivity index (χ0) is 28.0. The predicted molar refractivity (Wildman–Crippen MR) is 145 cm³/mol. The number of likely N-dealkylation sites (tertiary alicyclic amines) is 1. The van der Waals surface area contributed by atoms with Crippen molar-refractivity contribution in [3.8, 4) is 11.5 Å². The first-order chi connectivity index (χ1) is 18.7. The number of carbonyl (C=O) groups excluding carboxylic acids is 3. The highest BCUT2D eigenvalue weighted by atomic mass is 16.7. The van der Waals surface area contributed by atoms with E-state index in [0.717, 1.165) is 31.4 Å². The standard InChI is InChI=1S/C30H42N2O7/c1-5-6-13-37-14-7-12-31-26(33)16-22-17-30(28(35)36-4)19-29(2,3)11-10-25(30)32(27(22)34)18-21-8-9-23-24(15-21)39-20-38-23/h8-10,15,22H,5-7,11-14,16-20H2,1-4H3,(H,31,33)/t22-,30-/m1/s1. The van der Waals surface area contributed by atoms with Gasteiger partial charge in [0.25, 0.3) is 0 Å². The van der Waals surface area contributed by atoms with Gasteiger partial charge in [0, 0.05) is 37.8 Å². The van der Waals surface area contributed by atoms with Crippen LogP contribution in [0.3, 0.4) is 0 Å². The molecule has 0 saturated carbocycles. The molecule has 214 valence electrons. The van der Waals surface area contributed by atoms with Crippen LogP contribution in [0.25, 0.3) is 0 Å². The van der Waals surface area contributed by atoms with Crippen LogP contribution in [-0.4, -0.2) is 56.3 Å². The number of hydrogen-bond donors (Lipinski definition) is 1. The molecule has 1 aliphatic carbocycles. The van der Waals surface area contributed by atoms with Gasteiger partial charge in [-0.15, -0.1) is 0 Å². The number of methoxy groups -OCH3 is 1. The van der Waals surface area contributed by atoms with E-state index in [1.54, 1.807) is 4.90 Å². The molecule has 0 bridgehead atoms. The molecule has 2 heterocycles. The average Bonchev–Trinajstić information content (AvgIpc) is 3.37. The molecule has 4 rings (SSSR count). The molecule has 39 heavy (non-hydrogen) atoms. The summed E-state index contributed by atoms with van der Waals surface area (Å²) in [6.07, 6.45) is 6.36. The number of esters is 1. The molecule has 1 fully saturated rings. The summed E-state index contributed by atoms with van der Waals surface area (Å²) in [4.78, 5) is 42.0. The van der Waals surface area contributed by atoms with Crippen LogP contribution in [0.4, 0.5) is 0 Å². The number of unbranched alkanes of at least 4 members (excludes halogenated alkanes) is 1. The highest BCUT2D eigenvalue weighted by molar-refractivity contribution is 5.92. The summed E-state index contributed by atoms with van der Waals surface area (Å²) in [6.45, 7) is 8.56. The lowest BCUT2D eigenvalue weighted by Crippen LogP contribution is -2.55. The molecule has 1 aromatic carbocycles. The normalized spacial score (nSPS) is 23.2. The van der Waals surface area contributed by atoms with E-state index in [2.05, 4.69) is 26.1 Å². The Kier molecular flexibility index (Phi) is 9.20. The smallest absolute Gasteiger partial charge is 0.317 e. The van der Waals surface area contributed by atoms with Gasteiger partial charge in [0.05, 0.1) is 13.7 Å². The average molecular weight is 543 g/mol. The molecule has 2 aliphatic heterocycles. The second-order valence-electron chi connectivity index (χ2n) is 11.6. The summed E-state index contributed by atoms with van der Waals surface area (Å²) in [7, 11) is 1.39. The number of fused-ring (bicyclic) bond motifs is 2. The quantitative estimate of drug-likeness (QED) is 0.310. The monoisotopic (exact) mass is 542 g/mol. The van der Waals surface area contributed by atoms with Crippen LogP contribution in [0.15, 0.2) is 30.0 Å². The molecule has 3 aliphatic rings. The fourth-order valence-electron chi connectivity index (χ4n) is 5.99. The van der Waals surface area contributed by atoms with Crippen molar-refractivity contribution in [2.75, 3.05) is 33.7 Å². The largest absolute Gasteiger partial charge is 0.468 e. The number of nitrogens with one attached hydrogen (secondary N) is 1. The van der Waals surface area contributed by atoms with E-state index in [0.29, 0.717) is 43.2 Å². The summed E-state index contributed by atoms with van der Waals surface area (Å²) in [5, 5.41) is 2.93. The maximum atomic E-state index is 13.9. The predicted octanol–water partition coefficient (Wildman–Crippen LogP) is 4.34. The number of rotatable bonds is 12. The summed E-state index contributed by atoms with van der Waals surface area (Å²) >= 11 is 0. The van der Waals surface area contributed by atoms with Crippen LogP contribution < -0.4 is 14.8 Å². The fourth-order valence-corrected chi connectivity index (χ4v) is 5.99. The molecule has 0 spiro atoms. The Hall–Kier alpha value is -3.07. The number of piperidine rings is 1. The lowest BCUT2D eigenvalue weighted by atomic mass is 9.59. The molecule has 9 heteroatoms. The minimum Gasteiger partial charge on any atom is -0.468 e. The first-order valence-electron chi connectivity index (χ1n) is 14.0. The van der Waals surface area contributed by atoms with Crippen molar-refractivity contribution in [2.45, 2.75) is 72.3 Å². The van der Waals surface area contributed by atoms with E-state index < -0.39 is 11.3 Å². The van der Waals surface area contributed by atoms with E-state index in [1.807, 2.05) is 24.3 Å². The summed E-state index contributed by atoms with van der Waals surface area (Å²) in [5.74, 6) is -0.0749. The van der Waals surface area contributed by atoms with Crippen LogP contribution >= 0.6 is 0 Å². The molecule has 2 amide bonds. The van der Waals surface area contributed by atoms with E-state index in [9.17, 15) is 14.4 Å². The Morgan fingerprint density at radius 3 is 2.69 bits per heavy atom. The van der Waals surface area contributed by atoms with Gasteiger partial charge in [0.2, 0.25) is 18.6 Å². The number of ether oxygens (including phenoxy) is 4. The highest BCUT2D eigenvalue weighted by Crippen LogP contribution is 2.55. The van der Waals surface area contributed by atoms with Gasteiger partial charge in [0.15, 0.2) is 11.5 Å². The zero-order valence-corrected chi connectivity index (χ0v) is 23.7. The van der Waals surface area contributed by atoms with Crippen molar-refractivity contribution >= 4 is 17.8 Å². The van der Waals surface area contributed by atoms with Crippen molar-refractivity contribution in [2.24, 2.45) is 16.7 Å². The minimum atomic E-state index is -1.00. The third-order valence-corrected chi connectivity index (χ3v) is 7.84. The summed E-state index contributed by atoms with van der Waals surface area (Å²) < 4.78 is 21.9. The van der Waals surface area contributed by atoms with Crippen LogP contribution in [0.2, 0.25) is 0 Å². The van der Waals surface area contributed by atoms with E-state index in [4.69, 9.17) is 18.9 Å². The highest BCUT2D eigenvalue weighted by Gasteiger charge is 2.57. The Morgan fingerprint density at radius 1 is 1.15 bits per heavy atom. The maximum absolute atomic E-state index is 13.9. The van der Waals surface area contributed by atoms with Crippen LogP contribution in [0, 0.1) is 16.7 Å². The number of hydrogen-bond acceptors (Lipinski definition) is 7. The maximum Gasteiger partial charge on any atom is 0.317 e. The Balaban J connectivity index is 1.54. The molecule has 9 nitrogen and oxygen atoms in total. The number of nitrogens with zero attached hydrogens (tertiary/aromatic N) is 1. The molecule has 1 N–H and O–H groups in total. The Labute approximate surface area is 231 Å². The number of amides is 2. The summed E-state index contributed by atoms with van der Waals surface area (Å²) in [5.41, 5.74) is 0.369. The first kappa shape index (κ1) is 28.9. The van der Waals surface area contributed by atoms with E-state index in [-0.39, 0.29) is 49.4 Å².